The number of ether oxygens (including phenoxy) is 1. The summed E-state index contributed by atoms with van der Waals surface area (Å²) >= 11 is 11.8. The van der Waals surface area contributed by atoms with Gasteiger partial charge in [0.25, 0.3) is 0 Å². The Morgan fingerprint density at radius 3 is 2.95 bits per heavy atom. The van der Waals surface area contributed by atoms with Gasteiger partial charge in [0.15, 0.2) is 0 Å². The average molecular weight is 333 g/mol. The van der Waals surface area contributed by atoms with E-state index in [1.807, 2.05) is 4.90 Å². The van der Waals surface area contributed by atoms with Gasteiger partial charge in [0.1, 0.15) is 18.5 Å². The standard InChI is InChI=1S/C14H18Cl2N2O3/c15-9-3-4-13(11(16)6-9)21-8-10(19)7-18-5-1-2-12(18)14(17)20/h3-4,6,10,12,19H,1-2,5,7-8H2,(H2,17,20). The summed E-state index contributed by atoms with van der Waals surface area (Å²) in [5.41, 5.74) is 5.34. The number of aliphatic hydroxyl groups excluding tert-OH is 1. The third-order valence-electron chi connectivity index (χ3n) is 3.46. The van der Waals surface area contributed by atoms with Crippen molar-refractivity contribution >= 4 is 29.1 Å². The summed E-state index contributed by atoms with van der Waals surface area (Å²) in [6.45, 7) is 1.19. The van der Waals surface area contributed by atoms with Gasteiger partial charge >= 0.3 is 0 Å². The molecule has 1 heterocycles. The molecule has 0 aliphatic carbocycles. The van der Waals surface area contributed by atoms with Crippen LogP contribution in [0.2, 0.25) is 10.0 Å². The second-order valence-corrected chi connectivity index (χ2v) is 5.94. The van der Waals surface area contributed by atoms with Gasteiger partial charge in [0, 0.05) is 11.6 Å². The highest BCUT2D eigenvalue weighted by atomic mass is 35.5. The van der Waals surface area contributed by atoms with Gasteiger partial charge in [-0.25, -0.2) is 0 Å². The minimum atomic E-state index is -0.725. The zero-order valence-corrected chi connectivity index (χ0v) is 13.0. The SMILES string of the molecule is NC(=O)C1CCCN1CC(O)COc1ccc(Cl)cc1Cl. The highest BCUT2D eigenvalue weighted by molar-refractivity contribution is 6.35. The maximum Gasteiger partial charge on any atom is 0.234 e. The van der Waals surface area contributed by atoms with E-state index in [0.29, 0.717) is 22.3 Å². The third kappa shape index (κ3) is 4.48. The van der Waals surface area contributed by atoms with Crippen LogP contribution >= 0.6 is 23.2 Å². The first-order chi connectivity index (χ1) is 9.97. The Bertz CT molecular complexity index is 513. The van der Waals surface area contributed by atoms with Crippen molar-refractivity contribution in [3.63, 3.8) is 0 Å². The van der Waals surface area contributed by atoms with E-state index in [2.05, 4.69) is 0 Å². The third-order valence-corrected chi connectivity index (χ3v) is 3.99. The number of primary amides is 1. The lowest BCUT2D eigenvalue weighted by Gasteiger charge is -2.24. The van der Waals surface area contributed by atoms with Gasteiger partial charge in [-0.3, -0.25) is 9.69 Å². The molecule has 2 rings (SSSR count). The van der Waals surface area contributed by atoms with Crippen molar-refractivity contribution in [2.45, 2.75) is 25.0 Å². The number of nitrogens with two attached hydrogens (primary N) is 1. The number of halogens is 2. The summed E-state index contributed by atoms with van der Waals surface area (Å²) in [6, 6.07) is 4.60. The Kier molecular flexibility index (Phi) is 5.70. The molecule has 0 spiro atoms. The predicted molar refractivity (Wildman–Crippen MR) is 81.8 cm³/mol. The summed E-state index contributed by atoms with van der Waals surface area (Å²) in [5, 5.41) is 10.9. The summed E-state index contributed by atoms with van der Waals surface area (Å²) in [4.78, 5) is 13.2. The van der Waals surface area contributed by atoms with Crippen molar-refractivity contribution in [1.29, 1.82) is 0 Å². The number of rotatable bonds is 6. The van der Waals surface area contributed by atoms with E-state index in [0.717, 1.165) is 19.4 Å². The van der Waals surface area contributed by atoms with Gasteiger partial charge in [0.05, 0.1) is 11.1 Å². The van der Waals surface area contributed by atoms with E-state index in [4.69, 9.17) is 33.7 Å². The van der Waals surface area contributed by atoms with Gasteiger partial charge in [-0.15, -0.1) is 0 Å². The molecule has 7 heteroatoms. The zero-order chi connectivity index (χ0) is 15.4. The molecule has 1 aromatic rings. The van der Waals surface area contributed by atoms with E-state index >= 15 is 0 Å². The van der Waals surface area contributed by atoms with Crippen LogP contribution in [0, 0.1) is 0 Å². The molecular formula is C14H18Cl2N2O3. The fourth-order valence-corrected chi connectivity index (χ4v) is 2.93. The first kappa shape index (κ1) is 16.4. The Balaban J connectivity index is 1.84. The second kappa shape index (κ2) is 7.31. The van der Waals surface area contributed by atoms with Gasteiger partial charge in [-0.2, -0.15) is 0 Å². The molecule has 1 aliphatic rings. The molecule has 1 fully saturated rings. The number of hydrogen-bond acceptors (Lipinski definition) is 4. The fraction of sp³-hybridized carbons (Fsp3) is 0.500. The van der Waals surface area contributed by atoms with Crippen molar-refractivity contribution in [2.24, 2.45) is 5.73 Å². The number of nitrogens with zero attached hydrogens (tertiary/aromatic N) is 1. The van der Waals surface area contributed by atoms with Crippen LogP contribution in [0.1, 0.15) is 12.8 Å². The van der Waals surface area contributed by atoms with Crippen LogP contribution in [0.25, 0.3) is 0 Å². The molecule has 1 amide bonds. The summed E-state index contributed by atoms with van der Waals surface area (Å²) in [6.07, 6.45) is 0.924. The maximum atomic E-state index is 11.3. The molecule has 0 aromatic heterocycles. The first-order valence-corrected chi connectivity index (χ1v) is 7.52. The number of aliphatic hydroxyl groups is 1. The zero-order valence-electron chi connectivity index (χ0n) is 11.5. The van der Waals surface area contributed by atoms with Gasteiger partial charge in [0.2, 0.25) is 5.91 Å². The lowest BCUT2D eigenvalue weighted by Crippen LogP contribution is -2.44. The van der Waals surface area contributed by atoms with Crippen LogP contribution in [-0.2, 0) is 4.79 Å². The molecule has 3 N–H and O–H groups in total. The number of carbonyl (C=O) groups excluding carboxylic acids is 1. The predicted octanol–water partition coefficient (Wildman–Crippen LogP) is 1.68. The molecule has 21 heavy (non-hydrogen) atoms. The second-order valence-electron chi connectivity index (χ2n) is 5.09. The van der Waals surface area contributed by atoms with Crippen molar-refractivity contribution in [1.82, 2.24) is 4.90 Å². The van der Waals surface area contributed by atoms with E-state index in [9.17, 15) is 9.90 Å². The number of β-amino-alcohol motifs (C(OH)–C–C–N with tert-alkyl or cyclic N) is 1. The van der Waals surface area contributed by atoms with Crippen LogP contribution in [0.15, 0.2) is 18.2 Å². The monoisotopic (exact) mass is 332 g/mol. The Morgan fingerprint density at radius 1 is 1.52 bits per heavy atom. The lowest BCUT2D eigenvalue weighted by atomic mass is 10.2. The van der Waals surface area contributed by atoms with Crippen molar-refractivity contribution in [3.8, 4) is 5.75 Å². The smallest absolute Gasteiger partial charge is 0.234 e. The van der Waals surface area contributed by atoms with Crippen LogP contribution in [0.4, 0.5) is 0 Å². The molecule has 0 radical (unpaired) electrons. The molecule has 116 valence electrons. The van der Waals surface area contributed by atoms with Crippen molar-refractivity contribution in [3.05, 3.63) is 28.2 Å². The molecule has 1 aromatic carbocycles. The molecule has 2 atom stereocenters. The lowest BCUT2D eigenvalue weighted by molar-refractivity contribution is -0.122. The first-order valence-electron chi connectivity index (χ1n) is 6.76. The van der Waals surface area contributed by atoms with E-state index < -0.39 is 6.10 Å². The molecule has 2 unspecified atom stereocenters. The van der Waals surface area contributed by atoms with E-state index in [1.54, 1.807) is 18.2 Å². The van der Waals surface area contributed by atoms with Gasteiger partial charge < -0.3 is 15.6 Å². The minimum absolute atomic E-state index is 0.0866. The molecule has 1 saturated heterocycles. The van der Waals surface area contributed by atoms with Crippen LogP contribution in [-0.4, -0.2) is 47.8 Å². The quantitative estimate of drug-likeness (QED) is 0.831. The molecular weight excluding hydrogens is 315 g/mol. The van der Waals surface area contributed by atoms with E-state index in [-0.39, 0.29) is 18.6 Å². The highest BCUT2D eigenvalue weighted by Crippen LogP contribution is 2.27. The topological polar surface area (TPSA) is 75.8 Å². The number of benzene rings is 1. The van der Waals surface area contributed by atoms with Crippen LogP contribution in [0.3, 0.4) is 0 Å². The minimum Gasteiger partial charge on any atom is -0.489 e. The molecule has 5 nitrogen and oxygen atoms in total. The largest absolute Gasteiger partial charge is 0.489 e. The number of carbonyl (C=O) groups is 1. The van der Waals surface area contributed by atoms with Crippen molar-refractivity contribution < 1.29 is 14.6 Å². The number of amides is 1. The van der Waals surface area contributed by atoms with Gasteiger partial charge in [-0.05, 0) is 37.6 Å². The fourth-order valence-electron chi connectivity index (χ4n) is 2.47. The average Bonchev–Trinajstić information content (AvgIpc) is 2.86. The maximum absolute atomic E-state index is 11.3. The Hall–Kier alpha value is -1.01. The number of hydrogen-bond donors (Lipinski definition) is 2. The Morgan fingerprint density at radius 2 is 2.29 bits per heavy atom. The highest BCUT2D eigenvalue weighted by Gasteiger charge is 2.30. The molecule has 0 bridgehead atoms. The summed E-state index contributed by atoms with van der Waals surface area (Å²) in [7, 11) is 0. The molecule has 1 aliphatic heterocycles. The van der Waals surface area contributed by atoms with Crippen LogP contribution < -0.4 is 10.5 Å². The molecule has 0 saturated carbocycles. The van der Waals surface area contributed by atoms with Gasteiger partial charge in [-0.1, -0.05) is 23.2 Å². The number of likely N-dealkylation sites (tertiary alicyclic amines) is 1. The van der Waals surface area contributed by atoms with E-state index in [1.165, 1.54) is 0 Å². The van der Waals surface area contributed by atoms with Crippen LogP contribution in [0.5, 0.6) is 5.75 Å². The normalized spacial score (nSPS) is 20.4. The summed E-state index contributed by atoms with van der Waals surface area (Å²) < 4.78 is 5.48. The summed E-state index contributed by atoms with van der Waals surface area (Å²) in [5.74, 6) is 0.120. The Labute approximate surface area is 133 Å². The van der Waals surface area contributed by atoms with Crippen molar-refractivity contribution in [2.75, 3.05) is 19.7 Å².